The van der Waals surface area contributed by atoms with E-state index in [0.29, 0.717) is 47.3 Å². The van der Waals surface area contributed by atoms with Gasteiger partial charge in [-0.3, -0.25) is 9.59 Å². The Morgan fingerprint density at radius 2 is 2.17 bits per heavy atom. The number of benzene rings is 1. The minimum Gasteiger partial charge on any atom is -0.491 e. The van der Waals surface area contributed by atoms with E-state index >= 15 is 0 Å². The van der Waals surface area contributed by atoms with E-state index in [1.165, 1.54) is 6.20 Å². The Labute approximate surface area is 173 Å². The lowest BCUT2D eigenvalue weighted by molar-refractivity contribution is 0.0730. The minimum absolute atomic E-state index is 0.000905. The van der Waals surface area contributed by atoms with E-state index in [4.69, 9.17) is 4.74 Å². The number of nitrogens with one attached hydrogen (secondary N) is 1. The summed E-state index contributed by atoms with van der Waals surface area (Å²) in [5, 5.41) is 7.13. The van der Waals surface area contributed by atoms with Gasteiger partial charge in [0, 0.05) is 30.5 Å². The molecule has 0 atom stereocenters. The van der Waals surface area contributed by atoms with Gasteiger partial charge < -0.3 is 15.0 Å². The first-order valence-corrected chi connectivity index (χ1v) is 10.2. The molecule has 1 fully saturated rings. The van der Waals surface area contributed by atoms with E-state index < -0.39 is 0 Å². The molecule has 8 heteroatoms. The molecule has 0 bridgehead atoms. The highest BCUT2D eigenvalue weighted by atomic mass is 16.5. The van der Waals surface area contributed by atoms with Crippen LogP contribution in [0.1, 0.15) is 53.0 Å². The molecule has 3 aromatic rings. The van der Waals surface area contributed by atoms with Crippen molar-refractivity contribution in [3.63, 3.8) is 0 Å². The smallest absolute Gasteiger partial charge is 0.261 e. The fourth-order valence-electron chi connectivity index (χ4n) is 3.67. The largest absolute Gasteiger partial charge is 0.491 e. The molecule has 2 amide bonds. The fourth-order valence-corrected chi connectivity index (χ4v) is 3.67. The van der Waals surface area contributed by atoms with Gasteiger partial charge in [-0.25, -0.2) is 9.50 Å². The van der Waals surface area contributed by atoms with Crippen LogP contribution in [0.3, 0.4) is 0 Å². The van der Waals surface area contributed by atoms with Crippen molar-refractivity contribution in [1.29, 1.82) is 0 Å². The SMILES string of the molecule is CC(C)N1Cc2cc(NC(=O)c3cnn4cccnc34)c(OCC3CC3)cc2C1=O. The Morgan fingerprint density at radius 3 is 2.93 bits per heavy atom. The zero-order valence-corrected chi connectivity index (χ0v) is 17.0. The summed E-state index contributed by atoms with van der Waals surface area (Å²) in [6, 6.07) is 5.48. The van der Waals surface area contributed by atoms with Gasteiger partial charge in [0.25, 0.3) is 11.8 Å². The predicted octanol–water partition coefficient (Wildman–Crippen LogP) is 3.13. The maximum absolute atomic E-state index is 13.0. The van der Waals surface area contributed by atoms with Gasteiger partial charge in [0.2, 0.25) is 0 Å². The van der Waals surface area contributed by atoms with Gasteiger partial charge in [-0.1, -0.05) is 0 Å². The van der Waals surface area contributed by atoms with Crippen LogP contribution in [0.25, 0.3) is 5.65 Å². The standard InChI is InChI=1S/C22H23N5O3/c1-13(2)26-11-15-8-18(19(9-16(15)22(26)29)30-12-14-4-5-14)25-21(28)17-10-24-27-7-3-6-23-20(17)27/h3,6-10,13-14H,4-5,11-12H2,1-2H3,(H,25,28). The fraction of sp³-hybridized carbons (Fsp3) is 0.364. The van der Waals surface area contributed by atoms with Crippen LogP contribution in [0, 0.1) is 5.92 Å². The van der Waals surface area contributed by atoms with Crippen LogP contribution in [0.15, 0.2) is 36.8 Å². The van der Waals surface area contributed by atoms with E-state index in [1.54, 1.807) is 29.0 Å². The number of hydrogen-bond donors (Lipinski definition) is 1. The molecule has 2 aromatic heterocycles. The van der Waals surface area contributed by atoms with Crippen molar-refractivity contribution < 1.29 is 14.3 Å². The van der Waals surface area contributed by atoms with Crippen LogP contribution in [-0.4, -0.2) is 44.0 Å². The maximum atomic E-state index is 13.0. The molecule has 1 saturated carbocycles. The monoisotopic (exact) mass is 405 g/mol. The number of rotatable bonds is 6. The van der Waals surface area contributed by atoms with E-state index in [9.17, 15) is 9.59 Å². The average molecular weight is 405 g/mol. The normalized spacial score (nSPS) is 15.7. The summed E-state index contributed by atoms with van der Waals surface area (Å²) in [7, 11) is 0. The quantitative estimate of drug-likeness (QED) is 0.681. The third-order valence-corrected chi connectivity index (χ3v) is 5.60. The first-order chi connectivity index (χ1) is 14.5. The van der Waals surface area contributed by atoms with Crippen molar-refractivity contribution in [2.75, 3.05) is 11.9 Å². The number of carbonyl (C=O) groups is 2. The van der Waals surface area contributed by atoms with Crippen LogP contribution in [0.2, 0.25) is 0 Å². The molecule has 30 heavy (non-hydrogen) atoms. The molecule has 5 rings (SSSR count). The van der Waals surface area contributed by atoms with Gasteiger partial charge in [0.15, 0.2) is 5.65 Å². The molecule has 0 radical (unpaired) electrons. The van der Waals surface area contributed by atoms with Gasteiger partial charge in [-0.15, -0.1) is 0 Å². The van der Waals surface area contributed by atoms with Crippen LogP contribution in [0.5, 0.6) is 5.75 Å². The maximum Gasteiger partial charge on any atom is 0.261 e. The van der Waals surface area contributed by atoms with Crippen molar-refractivity contribution in [3.8, 4) is 5.75 Å². The first-order valence-electron chi connectivity index (χ1n) is 10.2. The van der Waals surface area contributed by atoms with E-state index in [-0.39, 0.29) is 17.9 Å². The number of carbonyl (C=O) groups excluding carboxylic acids is 2. The molecule has 8 nitrogen and oxygen atoms in total. The van der Waals surface area contributed by atoms with E-state index in [1.807, 2.05) is 24.8 Å². The summed E-state index contributed by atoms with van der Waals surface area (Å²) in [6.07, 6.45) is 7.17. The Hall–Kier alpha value is -3.42. The van der Waals surface area contributed by atoms with Gasteiger partial charge in [0.1, 0.15) is 11.3 Å². The second kappa shape index (κ2) is 7.12. The number of amides is 2. The van der Waals surface area contributed by atoms with Gasteiger partial charge in [-0.05, 0) is 56.4 Å². The number of aromatic nitrogens is 3. The Bertz CT molecular complexity index is 1150. The molecule has 1 aromatic carbocycles. The lowest BCUT2D eigenvalue weighted by atomic mass is 10.1. The Morgan fingerprint density at radius 1 is 1.33 bits per heavy atom. The summed E-state index contributed by atoms with van der Waals surface area (Å²) in [5.74, 6) is 0.761. The minimum atomic E-state index is -0.315. The summed E-state index contributed by atoms with van der Waals surface area (Å²) in [6.45, 7) is 5.10. The third kappa shape index (κ3) is 3.28. The molecular weight excluding hydrogens is 382 g/mol. The third-order valence-electron chi connectivity index (χ3n) is 5.60. The van der Waals surface area contributed by atoms with Crippen molar-refractivity contribution >= 4 is 23.1 Å². The Balaban J connectivity index is 1.48. The second-order valence-corrected chi connectivity index (χ2v) is 8.19. The number of nitrogens with zero attached hydrogens (tertiary/aromatic N) is 4. The van der Waals surface area contributed by atoms with Crippen LogP contribution in [0.4, 0.5) is 5.69 Å². The Kier molecular flexibility index (Phi) is 4.42. The molecule has 2 aliphatic rings. The molecule has 0 saturated heterocycles. The van der Waals surface area contributed by atoms with E-state index in [2.05, 4.69) is 15.4 Å². The summed E-state index contributed by atoms with van der Waals surface area (Å²) in [4.78, 5) is 31.8. The average Bonchev–Trinajstić information content (AvgIpc) is 3.37. The summed E-state index contributed by atoms with van der Waals surface area (Å²) in [5.41, 5.74) is 2.96. The lowest BCUT2D eigenvalue weighted by Crippen LogP contribution is -2.30. The van der Waals surface area contributed by atoms with Crippen LogP contribution in [-0.2, 0) is 6.54 Å². The lowest BCUT2D eigenvalue weighted by Gasteiger charge is -2.19. The zero-order valence-electron chi connectivity index (χ0n) is 17.0. The second-order valence-electron chi connectivity index (χ2n) is 8.19. The van der Waals surface area contributed by atoms with Crippen LogP contribution < -0.4 is 10.1 Å². The predicted molar refractivity (Wildman–Crippen MR) is 111 cm³/mol. The number of ether oxygens (including phenoxy) is 1. The topological polar surface area (TPSA) is 88.8 Å². The first kappa shape index (κ1) is 18.6. The highest BCUT2D eigenvalue weighted by molar-refractivity contribution is 6.09. The number of anilines is 1. The molecule has 154 valence electrons. The summed E-state index contributed by atoms with van der Waals surface area (Å²) < 4.78 is 7.57. The highest BCUT2D eigenvalue weighted by Crippen LogP contribution is 2.37. The van der Waals surface area contributed by atoms with Crippen LogP contribution >= 0.6 is 0 Å². The van der Waals surface area contributed by atoms with Gasteiger partial charge in [0.05, 0.1) is 18.5 Å². The van der Waals surface area contributed by atoms with Crippen molar-refractivity contribution in [3.05, 3.63) is 53.5 Å². The molecule has 1 aliphatic heterocycles. The molecular formula is C22H23N5O3. The summed E-state index contributed by atoms with van der Waals surface area (Å²) >= 11 is 0. The van der Waals surface area contributed by atoms with Crippen molar-refractivity contribution in [2.24, 2.45) is 5.92 Å². The highest BCUT2D eigenvalue weighted by Gasteiger charge is 2.31. The molecule has 1 aliphatic carbocycles. The number of hydrogen-bond acceptors (Lipinski definition) is 5. The van der Waals surface area contributed by atoms with Gasteiger partial charge in [-0.2, -0.15) is 5.10 Å². The van der Waals surface area contributed by atoms with Crippen molar-refractivity contribution in [1.82, 2.24) is 19.5 Å². The van der Waals surface area contributed by atoms with Crippen molar-refractivity contribution in [2.45, 2.75) is 39.3 Å². The zero-order chi connectivity index (χ0) is 20.8. The van der Waals surface area contributed by atoms with E-state index in [0.717, 1.165) is 18.4 Å². The molecule has 0 unspecified atom stereocenters. The molecule has 3 heterocycles. The van der Waals surface area contributed by atoms with Gasteiger partial charge >= 0.3 is 0 Å². The molecule has 0 spiro atoms. The number of fused-ring (bicyclic) bond motifs is 2. The molecule has 1 N–H and O–H groups in total.